The van der Waals surface area contributed by atoms with Crippen molar-refractivity contribution in [3.05, 3.63) is 54.4 Å². The molecule has 92 valence electrons. The Morgan fingerprint density at radius 2 is 1.94 bits per heavy atom. The lowest BCUT2D eigenvalue weighted by Gasteiger charge is -2.26. The summed E-state index contributed by atoms with van der Waals surface area (Å²) in [5, 5.41) is 1.49. The smallest absolute Gasteiger partial charge is 0.0811 e. The normalized spacial score (nSPS) is 20.9. The molecule has 18 heavy (non-hydrogen) atoms. The second-order valence-corrected chi connectivity index (χ2v) is 7.05. The number of hydrogen-bond donors (Lipinski definition) is 0. The Morgan fingerprint density at radius 1 is 1.17 bits per heavy atom. The van der Waals surface area contributed by atoms with Gasteiger partial charge in [0.1, 0.15) is 0 Å². The van der Waals surface area contributed by atoms with Crippen molar-refractivity contribution in [2.24, 2.45) is 5.92 Å². The Labute approximate surface area is 112 Å². The molecule has 0 N–H and O–H groups in total. The van der Waals surface area contributed by atoms with Crippen molar-refractivity contribution in [1.82, 2.24) is 4.57 Å². The van der Waals surface area contributed by atoms with Crippen LogP contribution in [0, 0.1) is 5.92 Å². The zero-order valence-corrected chi connectivity index (χ0v) is 12.1. The first-order chi connectivity index (χ1) is 8.68. The van der Waals surface area contributed by atoms with E-state index in [0.29, 0.717) is 5.41 Å². The molecule has 1 aliphatic rings. The lowest BCUT2D eigenvalue weighted by atomic mass is 9.80. The van der Waals surface area contributed by atoms with Gasteiger partial charge in [0.25, 0.3) is 0 Å². The van der Waals surface area contributed by atoms with Gasteiger partial charge in [0.2, 0.25) is 0 Å². The number of nitrogens with zero attached hydrogens (tertiary/aromatic N) is 1. The molecule has 3 rings (SSSR count). The lowest BCUT2D eigenvalue weighted by Crippen LogP contribution is -2.27. The van der Waals surface area contributed by atoms with E-state index in [1.807, 2.05) is 0 Å². The molecule has 2 heteroatoms. The van der Waals surface area contributed by atoms with E-state index in [1.54, 1.807) is 0 Å². The number of benzene rings is 1. The zero-order valence-electron chi connectivity index (χ0n) is 11.1. The fourth-order valence-corrected chi connectivity index (χ4v) is 4.50. The summed E-state index contributed by atoms with van der Waals surface area (Å²) in [5.41, 5.74) is 1.83. The van der Waals surface area contributed by atoms with Gasteiger partial charge in [-0.15, -0.1) is 0 Å². The summed E-state index contributed by atoms with van der Waals surface area (Å²) in [5.74, 6) is 0.771. The van der Waals surface area contributed by atoms with Crippen molar-refractivity contribution >= 4 is 14.7 Å². The quantitative estimate of drug-likeness (QED) is 0.741. The van der Waals surface area contributed by atoms with Crippen LogP contribution >= 0.6 is 0 Å². The third kappa shape index (κ3) is 1.95. The van der Waals surface area contributed by atoms with Crippen LogP contribution < -0.4 is 5.19 Å². The molecular weight excluding hydrogens is 234 g/mol. The van der Waals surface area contributed by atoms with Crippen LogP contribution in [0.5, 0.6) is 0 Å². The molecule has 1 aromatic heterocycles. The second-order valence-electron chi connectivity index (χ2n) is 5.71. The second kappa shape index (κ2) is 4.43. The van der Waals surface area contributed by atoms with Gasteiger partial charge in [-0.25, -0.2) is 0 Å². The van der Waals surface area contributed by atoms with Crippen molar-refractivity contribution in [3.8, 4) is 0 Å². The third-order valence-corrected chi connectivity index (χ3v) is 5.69. The SMILES string of the molecule is CC1(C)c2cccn2CC1C[Si]c1ccccc1. The first-order valence-electron chi connectivity index (χ1n) is 6.62. The molecule has 1 aromatic carbocycles. The van der Waals surface area contributed by atoms with E-state index in [9.17, 15) is 0 Å². The molecule has 0 bridgehead atoms. The summed E-state index contributed by atoms with van der Waals surface area (Å²) in [6, 6.07) is 16.6. The van der Waals surface area contributed by atoms with Gasteiger partial charge in [-0.3, -0.25) is 0 Å². The highest BCUT2D eigenvalue weighted by Gasteiger charge is 2.38. The van der Waals surface area contributed by atoms with Gasteiger partial charge in [-0.1, -0.05) is 55.4 Å². The van der Waals surface area contributed by atoms with Gasteiger partial charge >= 0.3 is 0 Å². The number of aromatic nitrogens is 1. The van der Waals surface area contributed by atoms with Crippen LogP contribution in [0.3, 0.4) is 0 Å². The summed E-state index contributed by atoms with van der Waals surface area (Å²) in [4.78, 5) is 0. The van der Waals surface area contributed by atoms with Crippen molar-refractivity contribution in [2.75, 3.05) is 0 Å². The van der Waals surface area contributed by atoms with Gasteiger partial charge in [0.05, 0.1) is 9.52 Å². The fraction of sp³-hybridized carbons (Fsp3) is 0.375. The lowest BCUT2D eigenvalue weighted by molar-refractivity contribution is 0.371. The molecule has 2 heterocycles. The molecule has 1 nitrogen and oxygen atoms in total. The average molecular weight is 253 g/mol. The highest BCUT2D eigenvalue weighted by atomic mass is 28.2. The fourth-order valence-electron chi connectivity index (χ4n) is 2.95. The largest absolute Gasteiger partial charge is 0.351 e. The van der Waals surface area contributed by atoms with E-state index >= 15 is 0 Å². The molecule has 2 radical (unpaired) electrons. The zero-order chi connectivity index (χ0) is 12.6. The minimum absolute atomic E-state index is 0.325. The monoisotopic (exact) mass is 253 g/mol. The average Bonchev–Trinajstić information content (AvgIpc) is 2.91. The van der Waals surface area contributed by atoms with Gasteiger partial charge in [-0.2, -0.15) is 0 Å². The van der Waals surface area contributed by atoms with Gasteiger partial charge in [-0.05, 0) is 18.1 Å². The molecular formula is C16H19NSi. The van der Waals surface area contributed by atoms with Crippen LogP contribution in [0.25, 0.3) is 0 Å². The van der Waals surface area contributed by atoms with Crippen molar-refractivity contribution in [2.45, 2.75) is 31.9 Å². The first-order valence-corrected chi connectivity index (χ1v) is 7.83. The van der Waals surface area contributed by atoms with Gasteiger partial charge < -0.3 is 4.57 Å². The Morgan fingerprint density at radius 3 is 2.67 bits per heavy atom. The third-order valence-electron chi connectivity index (χ3n) is 4.25. The summed E-state index contributed by atoms with van der Waals surface area (Å²) in [6.07, 6.45) is 2.22. The van der Waals surface area contributed by atoms with Crippen LogP contribution in [0.4, 0.5) is 0 Å². The summed E-state index contributed by atoms with van der Waals surface area (Å²) < 4.78 is 2.43. The molecule has 0 saturated heterocycles. The molecule has 0 fully saturated rings. The Bertz CT molecular complexity index is 527. The van der Waals surface area contributed by atoms with E-state index in [2.05, 4.69) is 67.1 Å². The number of rotatable bonds is 3. The van der Waals surface area contributed by atoms with Crippen LogP contribution in [0.2, 0.25) is 6.04 Å². The van der Waals surface area contributed by atoms with Gasteiger partial charge in [0.15, 0.2) is 0 Å². The Kier molecular flexibility index (Phi) is 2.90. The number of fused-ring (bicyclic) bond motifs is 1. The highest BCUT2D eigenvalue weighted by Crippen LogP contribution is 2.41. The Balaban J connectivity index is 1.71. The maximum absolute atomic E-state index is 2.43. The van der Waals surface area contributed by atoms with Gasteiger partial charge in [0, 0.05) is 23.9 Å². The molecule has 0 aliphatic carbocycles. The first kappa shape index (κ1) is 11.8. The topological polar surface area (TPSA) is 4.93 Å². The molecule has 2 aromatic rings. The van der Waals surface area contributed by atoms with E-state index in [-0.39, 0.29) is 0 Å². The predicted molar refractivity (Wildman–Crippen MR) is 77.6 cm³/mol. The van der Waals surface area contributed by atoms with Crippen molar-refractivity contribution in [3.63, 3.8) is 0 Å². The van der Waals surface area contributed by atoms with Crippen molar-refractivity contribution < 1.29 is 0 Å². The van der Waals surface area contributed by atoms with E-state index < -0.39 is 0 Å². The molecule has 0 saturated carbocycles. The maximum atomic E-state index is 2.43. The van der Waals surface area contributed by atoms with Crippen LogP contribution in [-0.2, 0) is 12.0 Å². The highest BCUT2D eigenvalue weighted by molar-refractivity contribution is 6.53. The predicted octanol–water partition coefficient (Wildman–Crippen LogP) is 2.84. The summed E-state index contributed by atoms with van der Waals surface area (Å²) >= 11 is 0. The minimum atomic E-state index is 0.325. The van der Waals surface area contributed by atoms with Crippen LogP contribution in [0.1, 0.15) is 19.5 Å². The van der Waals surface area contributed by atoms with E-state index in [0.717, 1.165) is 15.4 Å². The minimum Gasteiger partial charge on any atom is -0.351 e. The summed E-state index contributed by atoms with van der Waals surface area (Å²) in [7, 11) is 0.932. The standard InChI is InChI=1S/C16H19NSi/c1-16(2)13(11-17-10-6-9-15(16)17)12-18-14-7-4-3-5-8-14/h3-10,13H,11-12H2,1-2H3. The molecule has 0 amide bonds. The summed E-state index contributed by atoms with van der Waals surface area (Å²) in [6.45, 7) is 5.98. The van der Waals surface area contributed by atoms with Crippen LogP contribution in [-0.4, -0.2) is 14.1 Å². The molecule has 1 atom stereocenters. The van der Waals surface area contributed by atoms with Crippen LogP contribution in [0.15, 0.2) is 48.7 Å². The van der Waals surface area contributed by atoms with E-state index in [4.69, 9.17) is 0 Å². The Hall–Kier alpha value is -1.28. The molecule has 1 aliphatic heterocycles. The maximum Gasteiger partial charge on any atom is 0.0811 e. The van der Waals surface area contributed by atoms with Crippen molar-refractivity contribution in [1.29, 1.82) is 0 Å². The number of hydrogen-bond acceptors (Lipinski definition) is 0. The molecule has 0 spiro atoms. The molecule has 1 unspecified atom stereocenters. The van der Waals surface area contributed by atoms with E-state index in [1.165, 1.54) is 23.5 Å².